The predicted octanol–water partition coefficient (Wildman–Crippen LogP) is 1.00. The van der Waals surface area contributed by atoms with Gasteiger partial charge in [-0.15, -0.1) is 16.4 Å². The average Bonchev–Trinajstić information content (AvgIpc) is 3.16. The Hall–Kier alpha value is -1.80. The smallest absolute Gasteiger partial charge is 0.263 e. The maximum atomic E-state index is 12.3. The zero-order valence-corrected chi connectivity index (χ0v) is 12.3. The monoisotopic (exact) mass is 307 g/mol. The summed E-state index contributed by atoms with van der Waals surface area (Å²) in [5.41, 5.74) is 0.696. The summed E-state index contributed by atoms with van der Waals surface area (Å²) < 4.78 is 1.49. The molecular formula is C13H17N5O2S. The van der Waals surface area contributed by atoms with Crippen molar-refractivity contribution in [3.8, 4) is 5.69 Å². The number of nitrogens with zero attached hydrogens (tertiary/aromatic N) is 4. The van der Waals surface area contributed by atoms with E-state index in [-0.39, 0.29) is 12.0 Å². The number of tetrazole rings is 1. The lowest BCUT2D eigenvalue weighted by molar-refractivity contribution is 0.0913. The Balaban J connectivity index is 1.60. The van der Waals surface area contributed by atoms with E-state index in [1.165, 1.54) is 22.3 Å². The molecule has 7 nitrogen and oxygen atoms in total. The van der Waals surface area contributed by atoms with Crippen molar-refractivity contribution in [1.29, 1.82) is 0 Å². The van der Waals surface area contributed by atoms with Gasteiger partial charge in [-0.1, -0.05) is 0 Å². The van der Waals surface area contributed by atoms with E-state index in [2.05, 4.69) is 20.8 Å². The standard InChI is InChI=1S/C13H17N5O2S/c19-10-3-1-9(2-4-10)7-14-13(20)12-11(5-6-21-12)18-8-15-16-17-18/h5-6,8-10,19H,1-4,7H2,(H,14,20). The van der Waals surface area contributed by atoms with E-state index in [0.29, 0.717) is 23.0 Å². The summed E-state index contributed by atoms with van der Waals surface area (Å²) in [6, 6.07) is 1.83. The lowest BCUT2D eigenvalue weighted by atomic mass is 9.87. The topological polar surface area (TPSA) is 92.9 Å². The molecule has 1 saturated carbocycles. The van der Waals surface area contributed by atoms with Gasteiger partial charge in [-0.2, -0.15) is 4.68 Å². The highest BCUT2D eigenvalue weighted by Crippen LogP contribution is 2.24. The number of amides is 1. The van der Waals surface area contributed by atoms with Crippen LogP contribution in [0.2, 0.25) is 0 Å². The van der Waals surface area contributed by atoms with Gasteiger partial charge in [0.25, 0.3) is 5.91 Å². The molecule has 0 atom stereocenters. The van der Waals surface area contributed by atoms with Crippen molar-refractivity contribution in [1.82, 2.24) is 25.5 Å². The number of hydrogen-bond donors (Lipinski definition) is 2. The Morgan fingerprint density at radius 2 is 2.24 bits per heavy atom. The van der Waals surface area contributed by atoms with E-state index >= 15 is 0 Å². The third kappa shape index (κ3) is 3.27. The first-order chi connectivity index (χ1) is 10.2. The second kappa shape index (κ2) is 6.31. The molecule has 1 aliphatic carbocycles. The molecule has 2 N–H and O–H groups in total. The van der Waals surface area contributed by atoms with Gasteiger partial charge in [0.05, 0.1) is 11.8 Å². The van der Waals surface area contributed by atoms with Crippen molar-refractivity contribution in [2.75, 3.05) is 6.54 Å². The van der Waals surface area contributed by atoms with Crippen LogP contribution in [0.15, 0.2) is 17.8 Å². The number of aromatic nitrogens is 4. The van der Waals surface area contributed by atoms with E-state index in [1.807, 2.05) is 11.4 Å². The lowest BCUT2D eigenvalue weighted by Crippen LogP contribution is -2.32. The van der Waals surface area contributed by atoms with Gasteiger partial charge in [0.2, 0.25) is 0 Å². The van der Waals surface area contributed by atoms with E-state index in [1.54, 1.807) is 0 Å². The highest BCUT2D eigenvalue weighted by Gasteiger charge is 2.21. The Bertz CT molecular complexity index is 589. The van der Waals surface area contributed by atoms with Gasteiger partial charge in [-0.25, -0.2) is 0 Å². The van der Waals surface area contributed by atoms with Crippen LogP contribution >= 0.6 is 11.3 Å². The molecule has 3 rings (SSSR count). The maximum Gasteiger partial charge on any atom is 0.263 e. The third-order valence-electron chi connectivity index (χ3n) is 3.81. The molecule has 2 aromatic rings. The van der Waals surface area contributed by atoms with Crippen LogP contribution in [0.1, 0.15) is 35.4 Å². The molecule has 1 aliphatic rings. The van der Waals surface area contributed by atoms with Crippen molar-refractivity contribution >= 4 is 17.2 Å². The Morgan fingerprint density at radius 3 is 2.95 bits per heavy atom. The molecule has 2 heterocycles. The van der Waals surface area contributed by atoms with Gasteiger partial charge in [-0.05, 0) is 53.5 Å². The Labute approximate surface area is 126 Å². The van der Waals surface area contributed by atoms with E-state index in [0.717, 1.165) is 25.7 Å². The van der Waals surface area contributed by atoms with E-state index < -0.39 is 0 Å². The molecule has 1 fully saturated rings. The summed E-state index contributed by atoms with van der Waals surface area (Å²) in [4.78, 5) is 12.9. The van der Waals surface area contributed by atoms with Crippen LogP contribution in [0.25, 0.3) is 5.69 Å². The predicted molar refractivity (Wildman–Crippen MR) is 77.3 cm³/mol. The van der Waals surface area contributed by atoms with Gasteiger partial charge in [0.15, 0.2) is 0 Å². The molecule has 1 amide bonds. The van der Waals surface area contributed by atoms with Crippen molar-refractivity contribution in [2.24, 2.45) is 5.92 Å². The normalized spacial score (nSPS) is 22.1. The SMILES string of the molecule is O=C(NCC1CCC(O)CC1)c1sccc1-n1cnnn1. The molecule has 8 heteroatoms. The zero-order valence-electron chi connectivity index (χ0n) is 11.5. The van der Waals surface area contributed by atoms with Crippen LogP contribution in [0, 0.1) is 5.92 Å². The lowest BCUT2D eigenvalue weighted by Gasteiger charge is -2.25. The average molecular weight is 307 g/mol. The number of nitrogens with one attached hydrogen (secondary N) is 1. The largest absolute Gasteiger partial charge is 0.393 e. The second-order valence-electron chi connectivity index (χ2n) is 5.27. The number of thiophene rings is 1. The molecule has 0 saturated heterocycles. The number of hydrogen-bond acceptors (Lipinski definition) is 6. The maximum absolute atomic E-state index is 12.3. The van der Waals surface area contributed by atoms with Crippen LogP contribution in [0.5, 0.6) is 0 Å². The highest BCUT2D eigenvalue weighted by molar-refractivity contribution is 7.12. The van der Waals surface area contributed by atoms with Crippen LogP contribution in [0.3, 0.4) is 0 Å². The molecular weight excluding hydrogens is 290 g/mol. The Kier molecular flexibility index (Phi) is 4.26. The summed E-state index contributed by atoms with van der Waals surface area (Å²) in [6.07, 6.45) is 4.89. The van der Waals surface area contributed by atoms with E-state index in [9.17, 15) is 9.90 Å². The third-order valence-corrected chi connectivity index (χ3v) is 4.72. The number of carbonyl (C=O) groups is 1. The number of rotatable bonds is 4. The summed E-state index contributed by atoms with van der Waals surface area (Å²) in [7, 11) is 0. The van der Waals surface area contributed by atoms with Gasteiger partial charge < -0.3 is 10.4 Å². The summed E-state index contributed by atoms with van der Waals surface area (Å²) >= 11 is 1.37. The van der Waals surface area contributed by atoms with E-state index in [4.69, 9.17) is 0 Å². The summed E-state index contributed by atoms with van der Waals surface area (Å²) in [5, 5.41) is 25.3. The first kappa shape index (κ1) is 14.2. The Morgan fingerprint density at radius 1 is 1.43 bits per heavy atom. The van der Waals surface area contributed by atoms with Crippen molar-refractivity contribution in [3.05, 3.63) is 22.7 Å². The van der Waals surface area contributed by atoms with Gasteiger partial charge in [0, 0.05) is 6.54 Å². The van der Waals surface area contributed by atoms with Crippen LogP contribution in [0.4, 0.5) is 0 Å². The number of aliphatic hydroxyl groups is 1. The number of aliphatic hydroxyl groups excluding tert-OH is 1. The minimum atomic E-state index is -0.166. The molecule has 0 radical (unpaired) electrons. The van der Waals surface area contributed by atoms with Crippen molar-refractivity contribution in [2.45, 2.75) is 31.8 Å². The van der Waals surface area contributed by atoms with Crippen molar-refractivity contribution < 1.29 is 9.90 Å². The quantitative estimate of drug-likeness (QED) is 0.879. The van der Waals surface area contributed by atoms with Crippen molar-refractivity contribution in [3.63, 3.8) is 0 Å². The van der Waals surface area contributed by atoms with Crippen LogP contribution in [-0.4, -0.2) is 43.9 Å². The number of carbonyl (C=O) groups excluding carboxylic acids is 1. The molecule has 0 bridgehead atoms. The highest BCUT2D eigenvalue weighted by atomic mass is 32.1. The molecule has 0 spiro atoms. The van der Waals surface area contributed by atoms with Crippen LogP contribution in [-0.2, 0) is 0 Å². The summed E-state index contributed by atoms with van der Waals surface area (Å²) in [6.45, 7) is 0.651. The molecule has 0 aromatic carbocycles. The molecule has 21 heavy (non-hydrogen) atoms. The van der Waals surface area contributed by atoms with Crippen LogP contribution < -0.4 is 5.32 Å². The molecule has 0 unspecified atom stereocenters. The fraction of sp³-hybridized carbons (Fsp3) is 0.538. The summed E-state index contributed by atoms with van der Waals surface area (Å²) in [5.74, 6) is 0.357. The van der Waals surface area contributed by atoms with Gasteiger partial charge >= 0.3 is 0 Å². The zero-order chi connectivity index (χ0) is 14.7. The fourth-order valence-electron chi connectivity index (χ4n) is 2.59. The molecule has 0 aliphatic heterocycles. The first-order valence-corrected chi connectivity index (χ1v) is 7.89. The van der Waals surface area contributed by atoms with Gasteiger partial charge in [0.1, 0.15) is 11.2 Å². The molecule has 112 valence electrons. The van der Waals surface area contributed by atoms with Gasteiger partial charge in [-0.3, -0.25) is 4.79 Å². The first-order valence-electron chi connectivity index (χ1n) is 7.01. The fourth-order valence-corrected chi connectivity index (χ4v) is 3.39. The molecule has 2 aromatic heterocycles. The second-order valence-corrected chi connectivity index (χ2v) is 6.19. The minimum absolute atomic E-state index is 0.0957. The minimum Gasteiger partial charge on any atom is -0.393 e.